The monoisotopic (exact) mass is 266 g/mol. The van der Waals surface area contributed by atoms with E-state index in [-0.39, 0.29) is 5.50 Å². The Labute approximate surface area is 118 Å². The largest absolute Gasteiger partial charge is 0.355 e. The van der Waals surface area contributed by atoms with Gasteiger partial charge < -0.3 is 5.32 Å². The third kappa shape index (κ3) is 2.71. The van der Waals surface area contributed by atoms with Crippen molar-refractivity contribution in [2.75, 3.05) is 0 Å². The van der Waals surface area contributed by atoms with Crippen LogP contribution in [0.2, 0.25) is 0 Å². The summed E-state index contributed by atoms with van der Waals surface area (Å²) in [5.41, 5.74) is 4.05. The van der Waals surface area contributed by atoms with Gasteiger partial charge in [0, 0.05) is 5.70 Å². The summed E-state index contributed by atoms with van der Waals surface area (Å²) < 4.78 is 0. The number of hydrogen-bond donors (Lipinski definition) is 2. The van der Waals surface area contributed by atoms with Gasteiger partial charge in [0.2, 0.25) is 0 Å². The average molecular weight is 266 g/mol. The van der Waals surface area contributed by atoms with Gasteiger partial charge in [-0.25, -0.2) is 4.99 Å². The van der Waals surface area contributed by atoms with E-state index in [1.54, 1.807) is 0 Å². The van der Waals surface area contributed by atoms with Crippen molar-refractivity contribution in [2.45, 2.75) is 5.50 Å². The number of nitrogens with one attached hydrogen (secondary N) is 1. The number of rotatable bonds is 2. The third-order valence-corrected chi connectivity index (χ3v) is 3.23. The van der Waals surface area contributed by atoms with Crippen molar-refractivity contribution in [3.05, 3.63) is 77.9 Å². The lowest BCUT2D eigenvalue weighted by molar-refractivity contribution is 0.837. The van der Waals surface area contributed by atoms with Crippen LogP contribution < -0.4 is 5.32 Å². The van der Waals surface area contributed by atoms with Crippen molar-refractivity contribution in [3.8, 4) is 0 Å². The molecule has 94 valence electrons. The molecule has 0 radical (unpaired) electrons. The molecule has 3 rings (SSSR count). The summed E-state index contributed by atoms with van der Waals surface area (Å²) in [6, 6.07) is 20.4. The first-order chi connectivity index (χ1) is 9.33. The predicted octanol–water partition coefficient (Wildman–Crippen LogP) is 3.33. The fourth-order valence-electron chi connectivity index (χ4n) is 2.07. The second kappa shape index (κ2) is 5.33. The summed E-state index contributed by atoms with van der Waals surface area (Å²) in [4.78, 5) is 4.52. The molecule has 0 amide bonds. The number of benzene rings is 2. The molecule has 0 unspecified atom stereocenters. The minimum atomic E-state index is -0.213. The van der Waals surface area contributed by atoms with Crippen LogP contribution in [0.3, 0.4) is 0 Å². The molecule has 1 aliphatic heterocycles. The highest BCUT2D eigenvalue weighted by atomic mass is 32.1. The molecular weight excluding hydrogens is 252 g/mol. The van der Waals surface area contributed by atoms with Gasteiger partial charge in [-0.1, -0.05) is 60.7 Å². The topological polar surface area (TPSA) is 24.4 Å². The van der Waals surface area contributed by atoms with E-state index in [1.807, 2.05) is 36.4 Å². The molecule has 1 atom stereocenters. The van der Waals surface area contributed by atoms with Crippen LogP contribution in [0.15, 0.2) is 71.7 Å². The van der Waals surface area contributed by atoms with E-state index in [2.05, 4.69) is 53.3 Å². The molecule has 2 nitrogen and oxygen atoms in total. The molecule has 0 saturated heterocycles. The molecule has 0 aliphatic carbocycles. The summed E-state index contributed by atoms with van der Waals surface area (Å²) >= 11 is 4.44. The van der Waals surface area contributed by atoms with Gasteiger partial charge in [-0.3, -0.25) is 0 Å². The Morgan fingerprint density at radius 3 is 2.05 bits per heavy atom. The maximum atomic E-state index is 4.52. The Hall–Kier alpha value is -2.00. The number of aliphatic imine (C=N–C) groups is 1. The Morgan fingerprint density at radius 2 is 1.42 bits per heavy atom. The maximum Gasteiger partial charge on any atom is 0.164 e. The van der Waals surface area contributed by atoms with Crippen LogP contribution in [0.4, 0.5) is 0 Å². The smallest absolute Gasteiger partial charge is 0.164 e. The number of allylic oxidation sites excluding steroid dienone is 1. The molecular formula is C16H14N2S. The van der Waals surface area contributed by atoms with Crippen molar-refractivity contribution < 1.29 is 0 Å². The average Bonchev–Trinajstić information content (AvgIpc) is 2.48. The lowest BCUT2D eigenvalue weighted by Crippen LogP contribution is -2.26. The number of nitrogens with zero attached hydrogens (tertiary/aromatic N) is 1. The Kier molecular flexibility index (Phi) is 3.38. The molecule has 1 heterocycles. The zero-order chi connectivity index (χ0) is 13.1. The Balaban J connectivity index is 2.00. The van der Waals surface area contributed by atoms with Crippen molar-refractivity contribution in [1.82, 2.24) is 5.32 Å². The fourth-order valence-corrected chi connectivity index (χ4v) is 2.33. The summed E-state index contributed by atoms with van der Waals surface area (Å²) in [6.07, 6.45) is 2.07. The molecule has 1 N–H and O–H groups in total. The van der Waals surface area contributed by atoms with Gasteiger partial charge >= 0.3 is 0 Å². The summed E-state index contributed by atoms with van der Waals surface area (Å²) in [6.45, 7) is 0. The van der Waals surface area contributed by atoms with Gasteiger partial charge in [0.25, 0.3) is 0 Å². The third-order valence-electron chi connectivity index (χ3n) is 2.98. The molecule has 0 bridgehead atoms. The van der Waals surface area contributed by atoms with E-state index in [4.69, 9.17) is 0 Å². The number of hydrogen-bond acceptors (Lipinski definition) is 3. The summed E-state index contributed by atoms with van der Waals surface area (Å²) in [7, 11) is 0. The maximum absolute atomic E-state index is 4.52. The molecule has 2 aromatic rings. The second-order valence-electron chi connectivity index (χ2n) is 4.32. The molecule has 3 heteroatoms. The van der Waals surface area contributed by atoms with Crippen LogP contribution in [0.5, 0.6) is 0 Å². The Bertz CT molecular complexity index is 618. The first-order valence-corrected chi connectivity index (χ1v) is 6.69. The van der Waals surface area contributed by atoms with E-state index in [0.29, 0.717) is 0 Å². The van der Waals surface area contributed by atoms with Crippen LogP contribution in [-0.4, -0.2) is 11.2 Å². The van der Waals surface area contributed by atoms with Crippen LogP contribution in [-0.2, 0) is 0 Å². The minimum absolute atomic E-state index is 0.213. The second-order valence-corrected chi connectivity index (χ2v) is 4.81. The van der Waals surface area contributed by atoms with Gasteiger partial charge in [-0.2, -0.15) is 0 Å². The minimum Gasteiger partial charge on any atom is -0.355 e. The van der Waals surface area contributed by atoms with Crippen LogP contribution >= 0.6 is 12.6 Å². The SMILES string of the molecule is S[C@@H]1N=C(c2ccccc2)C=C(c2ccccc2)N1. The van der Waals surface area contributed by atoms with Gasteiger partial charge in [0.15, 0.2) is 5.50 Å². The highest BCUT2D eigenvalue weighted by Crippen LogP contribution is 2.19. The molecule has 19 heavy (non-hydrogen) atoms. The van der Waals surface area contributed by atoms with Gasteiger partial charge in [-0.05, 0) is 17.2 Å². The van der Waals surface area contributed by atoms with E-state index in [1.165, 1.54) is 0 Å². The molecule has 2 aromatic carbocycles. The standard InChI is InChI=1S/C16H14N2S/c19-16-17-14(12-7-3-1-4-8-12)11-15(18-16)13-9-5-2-6-10-13/h1-11,16-17,19H/t16-/m0/s1. The van der Waals surface area contributed by atoms with Crippen LogP contribution in [0.1, 0.15) is 11.1 Å². The lowest BCUT2D eigenvalue weighted by Gasteiger charge is -2.20. The highest BCUT2D eigenvalue weighted by molar-refractivity contribution is 7.80. The number of thiol groups is 1. The van der Waals surface area contributed by atoms with E-state index < -0.39 is 0 Å². The Morgan fingerprint density at radius 1 is 0.842 bits per heavy atom. The van der Waals surface area contributed by atoms with Gasteiger partial charge in [0.05, 0.1) is 5.71 Å². The summed E-state index contributed by atoms with van der Waals surface area (Å²) in [5.74, 6) is 0. The first-order valence-electron chi connectivity index (χ1n) is 6.18. The van der Waals surface area contributed by atoms with E-state index >= 15 is 0 Å². The van der Waals surface area contributed by atoms with Gasteiger partial charge in [-0.15, -0.1) is 12.6 Å². The first kappa shape index (κ1) is 12.1. The van der Waals surface area contributed by atoms with Crippen LogP contribution in [0.25, 0.3) is 5.70 Å². The quantitative estimate of drug-likeness (QED) is 0.801. The van der Waals surface area contributed by atoms with Crippen molar-refractivity contribution in [2.24, 2.45) is 4.99 Å². The zero-order valence-electron chi connectivity index (χ0n) is 10.3. The molecule has 0 saturated carbocycles. The molecule has 0 spiro atoms. The van der Waals surface area contributed by atoms with Crippen molar-refractivity contribution in [1.29, 1.82) is 0 Å². The van der Waals surface area contributed by atoms with Crippen molar-refractivity contribution in [3.63, 3.8) is 0 Å². The van der Waals surface area contributed by atoms with Crippen LogP contribution in [0, 0.1) is 0 Å². The van der Waals surface area contributed by atoms with E-state index in [0.717, 1.165) is 22.5 Å². The predicted molar refractivity (Wildman–Crippen MR) is 83.3 cm³/mol. The normalized spacial score (nSPS) is 18.3. The van der Waals surface area contributed by atoms with Gasteiger partial charge in [0.1, 0.15) is 0 Å². The highest BCUT2D eigenvalue weighted by Gasteiger charge is 2.14. The molecule has 0 fully saturated rings. The summed E-state index contributed by atoms with van der Waals surface area (Å²) in [5, 5.41) is 3.27. The van der Waals surface area contributed by atoms with E-state index in [9.17, 15) is 0 Å². The zero-order valence-corrected chi connectivity index (χ0v) is 11.2. The lowest BCUT2D eigenvalue weighted by atomic mass is 10.0. The van der Waals surface area contributed by atoms with Crippen molar-refractivity contribution >= 4 is 24.0 Å². The fraction of sp³-hybridized carbons (Fsp3) is 0.0625. The molecule has 0 aromatic heterocycles. The molecule has 1 aliphatic rings.